The number of rotatable bonds is 6. The van der Waals surface area contributed by atoms with E-state index in [0.29, 0.717) is 27.6 Å². The molecule has 1 amide bonds. The lowest BCUT2D eigenvalue weighted by Gasteiger charge is -2.04. The van der Waals surface area contributed by atoms with E-state index in [1.165, 1.54) is 28.7 Å². The maximum atomic E-state index is 12.5. The van der Waals surface area contributed by atoms with Crippen LogP contribution in [-0.2, 0) is 11.2 Å². The van der Waals surface area contributed by atoms with Crippen molar-refractivity contribution in [3.63, 3.8) is 0 Å². The molecule has 31 heavy (non-hydrogen) atoms. The first-order chi connectivity index (χ1) is 14.8. The molecule has 0 spiro atoms. The van der Waals surface area contributed by atoms with Crippen LogP contribution in [0.5, 0.6) is 0 Å². The third-order valence-electron chi connectivity index (χ3n) is 4.80. The van der Waals surface area contributed by atoms with Crippen molar-refractivity contribution in [1.82, 2.24) is 14.5 Å². The Morgan fingerprint density at radius 2 is 1.84 bits per heavy atom. The number of nitro groups is 1. The molecule has 0 bridgehead atoms. The molecule has 0 saturated heterocycles. The Balaban J connectivity index is 1.44. The first kappa shape index (κ1) is 20.9. The van der Waals surface area contributed by atoms with Gasteiger partial charge in [-0.1, -0.05) is 12.1 Å². The monoisotopic (exact) mass is 453 g/mol. The fourth-order valence-corrected chi connectivity index (χ4v) is 4.88. The summed E-state index contributed by atoms with van der Waals surface area (Å²) < 4.78 is 2.06. The number of nitro benzene ring substituents is 1. The lowest BCUT2D eigenvalue weighted by Crippen LogP contribution is -2.14. The maximum absolute atomic E-state index is 12.5. The highest BCUT2D eigenvalue weighted by Crippen LogP contribution is 2.29. The molecule has 0 fully saturated rings. The molecular formula is C21H19N5O3S2. The second-order valence-electron chi connectivity index (χ2n) is 7.09. The van der Waals surface area contributed by atoms with Crippen molar-refractivity contribution in [2.45, 2.75) is 27.2 Å². The van der Waals surface area contributed by atoms with Gasteiger partial charge in [-0.3, -0.25) is 19.5 Å². The lowest BCUT2D eigenvalue weighted by molar-refractivity contribution is -0.385. The van der Waals surface area contributed by atoms with E-state index in [2.05, 4.69) is 19.9 Å². The molecule has 158 valence electrons. The van der Waals surface area contributed by atoms with Crippen LogP contribution in [0.4, 0.5) is 10.8 Å². The molecular weight excluding hydrogens is 434 g/mol. The Hall–Kier alpha value is -3.37. The van der Waals surface area contributed by atoms with Crippen molar-refractivity contribution in [2.75, 3.05) is 5.32 Å². The molecule has 0 atom stereocenters. The number of thiazole rings is 2. The van der Waals surface area contributed by atoms with E-state index in [4.69, 9.17) is 0 Å². The highest BCUT2D eigenvalue weighted by molar-refractivity contribution is 7.14. The van der Waals surface area contributed by atoms with Crippen LogP contribution in [-0.4, -0.2) is 25.4 Å². The van der Waals surface area contributed by atoms with Crippen LogP contribution in [0, 0.1) is 30.9 Å². The predicted molar refractivity (Wildman–Crippen MR) is 122 cm³/mol. The van der Waals surface area contributed by atoms with Gasteiger partial charge in [0, 0.05) is 39.3 Å². The van der Waals surface area contributed by atoms with Gasteiger partial charge in [0.1, 0.15) is 0 Å². The quantitative estimate of drug-likeness (QED) is 0.324. The van der Waals surface area contributed by atoms with Crippen LogP contribution < -0.4 is 5.32 Å². The van der Waals surface area contributed by atoms with Gasteiger partial charge in [-0.15, -0.1) is 22.7 Å². The van der Waals surface area contributed by atoms with E-state index < -0.39 is 4.92 Å². The number of hydrogen-bond donors (Lipinski definition) is 1. The van der Waals surface area contributed by atoms with Crippen LogP contribution in [0.2, 0.25) is 0 Å². The normalized spacial score (nSPS) is 10.9. The van der Waals surface area contributed by atoms with Crippen molar-refractivity contribution in [3.05, 3.63) is 73.9 Å². The molecule has 3 aromatic heterocycles. The minimum absolute atomic E-state index is 0.0450. The number of carbonyl (C=O) groups excluding carboxylic acids is 1. The van der Waals surface area contributed by atoms with Gasteiger partial charge in [-0.25, -0.2) is 9.97 Å². The molecule has 3 heterocycles. The summed E-state index contributed by atoms with van der Waals surface area (Å²) in [6, 6.07) is 9.04. The maximum Gasteiger partial charge on any atom is 0.272 e. The fourth-order valence-electron chi connectivity index (χ4n) is 3.21. The highest BCUT2D eigenvalue weighted by Gasteiger charge is 2.15. The summed E-state index contributed by atoms with van der Waals surface area (Å²) in [5, 5.41) is 18.9. The number of nitrogens with zero attached hydrogens (tertiary/aromatic N) is 4. The fraction of sp³-hybridized carbons (Fsp3) is 0.190. The van der Waals surface area contributed by atoms with Crippen molar-refractivity contribution in [1.29, 1.82) is 0 Å². The average Bonchev–Trinajstić information content (AvgIpc) is 3.43. The summed E-state index contributed by atoms with van der Waals surface area (Å²) in [5.41, 5.74) is 4.72. The zero-order valence-corrected chi connectivity index (χ0v) is 18.7. The third kappa shape index (κ3) is 4.39. The molecule has 4 rings (SSSR count). The van der Waals surface area contributed by atoms with Gasteiger partial charge in [0.05, 0.1) is 22.7 Å². The van der Waals surface area contributed by atoms with E-state index in [1.54, 1.807) is 24.4 Å². The molecule has 4 aromatic rings. The van der Waals surface area contributed by atoms with E-state index in [-0.39, 0.29) is 18.0 Å². The van der Waals surface area contributed by atoms with Gasteiger partial charge in [-0.05, 0) is 32.9 Å². The Kier molecular flexibility index (Phi) is 5.66. The minimum Gasteiger partial charge on any atom is -0.302 e. The summed E-state index contributed by atoms with van der Waals surface area (Å²) in [6.45, 7) is 5.73. The molecule has 0 aliphatic heterocycles. The molecule has 8 nitrogen and oxygen atoms in total. The Morgan fingerprint density at radius 3 is 2.55 bits per heavy atom. The number of nitrogens with one attached hydrogen (secondary N) is 1. The van der Waals surface area contributed by atoms with Crippen LogP contribution in [0.15, 0.2) is 41.1 Å². The Labute approximate surface area is 186 Å². The largest absolute Gasteiger partial charge is 0.302 e. The van der Waals surface area contributed by atoms with E-state index >= 15 is 0 Å². The molecule has 0 radical (unpaired) electrons. The van der Waals surface area contributed by atoms with Crippen molar-refractivity contribution >= 4 is 39.4 Å². The Bertz CT molecular complexity index is 1270. The molecule has 0 aliphatic rings. The SMILES string of the molecule is Cc1ccc(-c2csc(NC(=O)Cc3csc(-n4c(C)ccc4C)n3)n2)cc1[N+](=O)[O-]. The zero-order valence-electron chi connectivity index (χ0n) is 17.1. The molecule has 0 unspecified atom stereocenters. The second kappa shape index (κ2) is 8.40. The van der Waals surface area contributed by atoms with E-state index in [0.717, 1.165) is 16.5 Å². The first-order valence-corrected chi connectivity index (χ1v) is 11.2. The van der Waals surface area contributed by atoms with Gasteiger partial charge < -0.3 is 5.32 Å². The number of carbonyl (C=O) groups is 1. The number of benzene rings is 1. The molecule has 10 heteroatoms. The summed E-state index contributed by atoms with van der Waals surface area (Å²) in [7, 11) is 0. The number of aryl methyl sites for hydroxylation is 3. The number of amides is 1. The van der Waals surface area contributed by atoms with Crippen molar-refractivity contribution < 1.29 is 9.72 Å². The van der Waals surface area contributed by atoms with Gasteiger partial charge in [0.15, 0.2) is 10.3 Å². The van der Waals surface area contributed by atoms with Crippen LogP contribution >= 0.6 is 22.7 Å². The summed E-state index contributed by atoms with van der Waals surface area (Å²) in [6.07, 6.45) is 0.140. The van der Waals surface area contributed by atoms with Crippen LogP contribution in [0.25, 0.3) is 16.4 Å². The number of aromatic nitrogens is 3. The number of hydrogen-bond acceptors (Lipinski definition) is 7. The number of anilines is 1. The summed E-state index contributed by atoms with van der Waals surface area (Å²) in [5.74, 6) is -0.214. The second-order valence-corrected chi connectivity index (χ2v) is 8.79. The topological polar surface area (TPSA) is 103 Å². The van der Waals surface area contributed by atoms with E-state index in [1.807, 2.05) is 31.4 Å². The molecule has 1 N–H and O–H groups in total. The smallest absolute Gasteiger partial charge is 0.272 e. The lowest BCUT2D eigenvalue weighted by atomic mass is 10.1. The third-order valence-corrected chi connectivity index (χ3v) is 6.43. The van der Waals surface area contributed by atoms with Gasteiger partial charge in [0.25, 0.3) is 5.69 Å². The van der Waals surface area contributed by atoms with Crippen molar-refractivity contribution in [3.8, 4) is 16.4 Å². The predicted octanol–water partition coefficient (Wildman–Crippen LogP) is 5.07. The van der Waals surface area contributed by atoms with Gasteiger partial charge in [0.2, 0.25) is 5.91 Å². The van der Waals surface area contributed by atoms with E-state index in [9.17, 15) is 14.9 Å². The minimum atomic E-state index is -0.410. The van der Waals surface area contributed by atoms with Crippen LogP contribution in [0.1, 0.15) is 22.6 Å². The Morgan fingerprint density at radius 1 is 1.10 bits per heavy atom. The average molecular weight is 454 g/mol. The van der Waals surface area contributed by atoms with Gasteiger partial charge in [-0.2, -0.15) is 0 Å². The zero-order chi connectivity index (χ0) is 22.1. The first-order valence-electron chi connectivity index (χ1n) is 9.42. The van der Waals surface area contributed by atoms with Gasteiger partial charge >= 0.3 is 0 Å². The summed E-state index contributed by atoms with van der Waals surface area (Å²) in [4.78, 5) is 32.2. The molecule has 1 aromatic carbocycles. The molecule has 0 aliphatic carbocycles. The highest BCUT2D eigenvalue weighted by atomic mass is 32.1. The van der Waals surface area contributed by atoms with Crippen molar-refractivity contribution in [2.24, 2.45) is 0 Å². The summed E-state index contributed by atoms with van der Waals surface area (Å²) >= 11 is 2.77. The molecule has 0 saturated carbocycles. The standard InChI is InChI=1S/C21H19N5O3S2/c1-12-4-7-15(8-18(12)26(28)29)17-11-30-20(23-17)24-19(27)9-16-10-31-21(22-16)25-13(2)5-6-14(25)3/h4-8,10-11H,9H2,1-3H3,(H,23,24,27). The van der Waals surface area contributed by atoms with Crippen LogP contribution in [0.3, 0.4) is 0 Å².